The highest BCUT2D eigenvalue weighted by Gasteiger charge is 2.40. The molecule has 0 fully saturated rings. The summed E-state index contributed by atoms with van der Waals surface area (Å²) in [4.78, 5) is 27.1. The van der Waals surface area contributed by atoms with E-state index >= 15 is 0 Å². The van der Waals surface area contributed by atoms with Crippen molar-refractivity contribution in [1.82, 2.24) is 0 Å². The molecule has 0 aromatic heterocycles. The lowest BCUT2D eigenvalue weighted by atomic mass is 10.1. The number of phenolic OH excluding ortho intramolecular Hbond substituents is 1. The summed E-state index contributed by atoms with van der Waals surface area (Å²) in [7, 11) is 1.45. The van der Waals surface area contributed by atoms with Gasteiger partial charge in [-0.15, -0.1) is 0 Å². The number of ether oxygens (including phenoxy) is 2. The van der Waals surface area contributed by atoms with Gasteiger partial charge in [-0.25, -0.2) is 4.79 Å². The van der Waals surface area contributed by atoms with Gasteiger partial charge in [-0.1, -0.05) is 18.2 Å². The number of anilines is 2. The topological polar surface area (TPSA) is 88.1 Å². The van der Waals surface area contributed by atoms with Crippen molar-refractivity contribution in [1.29, 1.82) is 0 Å². The molecule has 3 rings (SSSR count). The molecule has 1 aliphatic heterocycles. The van der Waals surface area contributed by atoms with Crippen molar-refractivity contribution >= 4 is 23.4 Å². The third kappa shape index (κ3) is 4.03. The summed E-state index contributed by atoms with van der Waals surface area (Å²) < 4.78 is 10.5. The second kappa shape index (κ2) is 7.42. The number of hydrogen-bond acceptors (Lipinski definition) is 5. The van der Waals surface area contributed by atoms with Crippen LogP contribution in [-0.4, -0.2) is 35.9 Å². The highest BCUT2D eigenvalue weighted by Crippen LogP contribution is 2.34. The Kier molecular flexibility index (Phi) is 5.18. The van der Waals surface area contributed by atoms with E-state index in [0.717, 1.165) is 5.56 Å². The second-order valence-electron chi connectivity index (χ2n) is 7.57. The summed E-state index contributed by atoms with van der Waals surface area (Å²) >= 11 is 0. The van der Waals surface area contributed by atoms with Crippen molar-refractivity contribution in [3.05, 3.63) is 48.0 Å². The Morgan fingerprint density at radius 1 is 1.18 bits per heavy atom. The highest BCUT2D eigenvalue weighted by atomic mass is 16.6. The summed E-state index contributed by atoms with van der Waals surface area (Å²) in [6.07, 6.45) is -0.196. The third-order valence-corrected chi connectivity index (χ3v) is 4.32. The number of methoxy groups -OCH3 is 1. The first-order valence-corrected chi connectivity index (χ1v) is 8.97. The van der Waals surface area contributed by atoms with Gasteiger partial charge in [-0.2, -0.15) is 0 Å². The zero-order valence-corrected chi connectivity index (χ0v) is 16.4. The number of aromatic hydroxyl groups is 1. The van der Waals surface area contributed by atoms with Crippen LogP contribution in [0.3, 0.4) is 0 Å². The lowest BCUT2D eigenvalue weighted by molar-refractivity contribution is -0.117. The van der Waals surface area contributed by atoms with Crippen molar-refractivity contribution in [2.24, 2.45) is 0 Å². The van der Waals surface area contributed by atoms with E-state index in [-0.39, 0.29) is 11.7 Å². The molecule has 2 amide bonds. The molecule has 0 radical (unpaired) electrons. The molecule has 0 aliphatic carbocycles. The Hall–Kier alpha value is -3.22. The molecule has 0 saturated carbocycles. The predicted octanol–water partition coefficient (Wildman–Crippen LogP) is 3.71. The summed E-state index contributed by atoms with van der Waals surface area (Å²) in [5.74, 6) is -0.146. The fraction of sp³-hybridized carbons (Fsp3) is 0.333. The van der Waals surface area contributed by atoms with Crippen LogP contribution in [0.15, 0.2) is 42.5 Å². The van der Waals surface area contributed by atoms with Gasteiger partial charge in [0.25, 0.3) is 0 Å². The van der Waals surface area contributed by atoms with Gasteiger partial charge >= 0.3 is 6.09 Å². The maximum absolute atomic E-state index is 13.0. The van der Waals surface area contributed by atoms with E-state index in [0.29, 0.717) is 23.5 Å². The molecular formula is C21H24N2O5. The predicted molar refractivity (Wildman–Crippen MR) is 106 cm³/mol. The maximum atomic E-state index is 13.0. The standard InChI is InChI=1S/C21H24N2O5/c1-21(2,3)28-20(26)23-15-8-6-5-7-13(15)11-16(23)19(25)22-14-9-10-18(27-4)17(24)12-14/h5-10,12,16,24H,11H2,1-4H3,(H,22,25)/t16-/m0/s1. The second-order valence-corrected chi connectivity index (χ2v) is 7.57. The van der Waals surface area contributed by atoms with Crippen LogP contribution >= 0.6 is 0 Å². The molecule has 1 atom stereocenters. The number of phenols is 1. The zero-order valence-electron chi connectivity index (χ0n) is 16.4. The fourth-order valence-electron chi connectivity index (χ4n) is 3.13. The van der Waals surface area contributed by atoms with E-state index in [4.69, 9.17) is 9.47 Å². The number of fused-ring (bicyclic) bond motifs is 1. The van der Waals surface area contributed by atoms with Gasteiger partial charge in [0.2, 0.25) is 5.91 Å². The zero-order chi connectivity index (χ0) is 20.5. The van der Waals surface area contributed by atoms with Gasteiger partial charge < -0.3 is 19.9 Å². The third-order valence-electron chi connectivity index (χ3n) is 4.32. The molecule has 0 unspecified atom stereocenters. The van der Waals surface area contributed by atoms with E-state index in [1.165, 1.54) is 18.1 Å². The van der Waals surface area contributed by atoms with Crippen LogP contribution in [0, 0.1) is 0 Å². The maximum Gasteiger partial charge on any atom is 0.415 e. The van der Waals surface area contributed by atoms with Crippen LogP contribution < -0.4 is 15.0 Å². The molecule has 1 heterocycles. The molecule has 1 aliphatic rings. The van der Waals surface area contributed by atoms with Crippen molar-refractivity contribution in [2.45, 2.75) is 38.8 Å². The van der Waals surface area contributed by atoms with Gasteiger partial charge in [0, 0.05) is 18.2 Å². The molecule has 2 aromatic rings. The first-order chi connectivity index (χ1) is 13.2. The van der Waals surface area contributed by atoms with Crippen LogP contribution in [0.2, 0.25) is 0 Å². The van der Waals surface area contributed by atoms with Crippen molar-refractivity contribution in [2.75, 3.05) is 17.3 Å². The minimum atomic E-state index is -0.753. The van der Waals surface area contributed by atoms with Crippen LogP contribution in [0.25, 0.3) is 0 Å². The molecule has 0 saturated heterocycles. The number of amides is 2. The Morgan fingerprint density at radius 3 is 2.54 bits per heavy atom. The molecule has 2 aromatic carbocycles. The van der Waals surface area contributed by atoms with Crippen molar-refractivity contribution < 1.29 is 24.2 Å². The Bertz CT molecular complexity index is 904. The van der Waals surface area contributed by atoms with Crippen molar-refractivity contribution in [3.63, 3.8) is 0 Å². The quantitative estimate of drug-likeness (QED) is 0.842. The summed E-state index contributed by atoms with van der Waals surface area (Å²) in [6.45, 7) is 5.34. The first-order valence-electron chi connectivity index (χ1n) is 8.97. The van der Waals surface area contributed by atoms with Crippen LogP contribution in [0.1, 0.15) is 26.3 Å². The van der Waals surface area contributed by atoms with E-state index in [1.54, 1.807) is 39.0 Å². The lowest BCUT2D eigenvalue weighted by Crippen LogP contribution is -2.47. The van der Waals surface area contributed by atoms with Crippen molar-refractivity contribution in [3.8, 4) is 11.5 Å². The minimum Gasteiger partial charge on any atom is -0.504 e. The normalized spacial score (nSPS) is 15.7. The van der Waals surface area contributed by atoms with Gasteiger partial charge in [0.1, 0.15) is 11.6 Å². The smallest absolute Gasteiger partial charge is 0.415 e. The molecule has 2 N–H and O–H groups in total. The molecule has 7 heteroatoms. The average molecular weight is 384 g/mol. The van der Waals surface area contributed by atoms with Crippen LogP contribution in [-0.2, 0) is 16.0 Å². The molecule has 148 valence electrons. The SMILES string of the molecule is COc1ccc(NC(=O)[C@@H]2Cc3ccccc3N2C(=O)OC(C)(C)C)cc1O. The van der Waals surface area contributed by atoms with Crippen LogP contribution in [0.5, 0.6) is 11.5 Å². The van der Waals surface area contributed by atoms with E-state index in [2.05, 4.69) is 5.32 Å². The molecular weight excluding hydrogens is 360 g/mol. The molecule has 28 heavy (non-hydrogen) atoms. The Morgan fingerprint density at radius 2 is 1.89 bits per heavy atom. The van der Waals surface area contributed by atoms with Gasteiger partial charge in [-0.3, -0.25) is 9.69 Å². The van der Waals surface area contributed by atoms with Gasteiger partial charge in [-0.05, 0) is 44.5 Å². The van der Waals surface area contributed by atoms with E-state index in [1.807, 2.05) is 18.2 Å². The highest BCUT2D eigenvalue weighted by molar-refractivity contribution is 6.05. The van der Waals surface area contributed by atoms with E-state index in [9.17, 15) is 14.7 Å². The number of carbonyl (C=O) groups excluding carboxylic acids is 2. The van der Waals surface area contributed by atoms with Crippen LogP contribution in [0.4, 0.5) is 16.2 Å². The summed E-state index contributed by atoms with van der Waals surface area (Å²) in [5, 5.41) is 12.7. The lowest BCUT2D eigenvalue weighted by Gasteiger charge is -2.28. The Balaban J connectivity index is 1.85. The first kappa shape index (κ1) is 19.5. The molecule has 0 bridgehead atoms. The number of hydrogen-bond donors (Lipinski definition) is 2. The average Bonchev–Trinajstić information content (AvgIpc) is 3.00. The number of benzene rings is 2. The number of rotatable bonds is 3. The molecule has 0 spiro atoms. The van der Waals surface area contributed by atoms with E-state index < -0.39 is 17.7 Å². The monoisotopic (exact) mass is 384 g/mol. The van der Waals surface area contributed by atoms with Gasteiger partial charge in [0.15, 0.2) is 11.5 Å². The molecule has 7 nitrogen and oxygen atoms in total. The number of nitrogens with one attached hydrogen (secondary N) is 1. The fourth-order valence-corrected chi connectivity index (χ4v) is 3.13. The summed E-state index contributed by atoms with van der Waals surface area (Å²) in [5.41, 5.74) is 1.28. The number of carbonyl (C=O) groups is 2. The number of para-hydroxylation sites is 1. The number of nitrogens with zero attached hydrogens (tertiary/aromatic N) is 1. The Labute approximate surface area is 163 Å². The summed E-state index contributed by atoms with van der Waals surface area (Å²) in [6, 6.07) is 11.2. The van der Waals surface area contributed by atoms with Gasteiger partial charge in [0.05, 0.1) is 12.8 Å². The minimum absolute atomic E-state index is 0.0843. The largest absolute Gasteiger partial charge is 0.504 e.